The predicted octanol–water partition coefficient (Wildman–Crippen LogP) is 13.7. The Bertz CT molecular complexity index is 4630. The van der Waals surface area contributed by atoms with Crippen LogP contribution < -0.4 is 21.7 Å². The maximum absolute atomic E-state index is 13.6. The highest BCUT2D eigenvalue weighted by Crippen LogP contribution is 2.49. The Balaban J connectivity index is 0.000000135. The van der Waals surface area contributed by atoms with Crippen molar-refractivity contribution >= 4 is 72.9 Å². The second-order valence-electron chi connectivity index (χ2n) is 29.5. The largest absolute Gasteiger partial charge is 0.431 e. The van der Waals surface area contributed by atoms with Crippen molar-refractivity contribution in [2.45, 2.75) is 152 Å². The highest BCUT2D eigenvalue weighted by molar-refractivity contribution is 6.00. The number of hydrogen-bond donors (Lipinski definition) is 8. The van der Waals surface area contributed by atoms with Gasteiger partial charge in [0.25, 0.3) is 0 Å². The molecular weight excluding hydrogens is 1410 g/mol. The molecule has 8 aliphatic rings. The average molecular weight is 1500 g/mol. The van der Waals surface area contributed by atoms with Gasteiger partial charge in [-0.25, -0.2) is 14.4 Å². The number of carbonyl (C=O) groups is 3. The minimum absolute atomic E-state index is 0. The zero-order valence-electron chi connectivity index (χ0n) is 59.9. The van der Waals surface area contributed by atoms with Gasteiger partial charge < -0.3 is 66.1 Å². The van der Waals surface area contributed by atoms with Crippen molar-refractivity contribution in [3.05, 3.63) is 154 Å². The molecule has 30 heteroatoms. The van der Waals surface area contributed by atoms with E-state index in [2.05, 4.69) is 113 Å². The fourth-order valence-corrected chi connectivity index (χ4v) is 17.9. The number of nitrogens with one attached hydrogen (secondary N) is 7. The quantitative estimate of drug-likeness (QED) is 0.0653. The van der Waals surface area contributed by atoms with Gasteiger partial charge in [-0.3, -0.25) is 9.80 Å². The van der Waals surface area contributed by atoms with Gasteiger partial charge in [0.1, 0.15) is 25.3 Å². The summed E-state index contributed by atoms with van der Waals surface area (Å²) in [5.74, 6) is 0.0959. The molecule has 4 aromatic heterocycles. The molecule has 4 aliphatic carbocycles. The number of amides is 6. The van der Waals surface area contributed by atoms with E-state index in [0.717, 1.165) is 69.8 Å². The molecule has 6 amide bonds. The molecule has 0 spiro atoms. The molecule has 578 valence electrons. The molecule has 0 radical (unpaired) electrons. The molecule has 8 heterocycles. The van der Waals surface area contributed by atoms with Crippen molar-refractivity contribution in [1.29, 1.82) is 0 Å². The highest BCUT2D eigenvalue weighted by Gasteiger charge is 2.47. The topological polar surface area (TPSA) is 199 Å². The number of aromatic amines is 4. The van der Waals surface area contributed by atoms with Crippen LogP contribution in [0.1, 0.15) is 103 Å². The van der Waals surface area contributed by atoms with Crippen molar-refractivity contribution < 1.29 is 67.1 Å². The van der Waals surface area contributed by atoms with E-state index < -0.39 is 74.2 Å². The standard InChI is InChI=1S/C21H24F6N4O.C20H25F3N4O.C20H23F3N4O.C15H17N3.CH4/c1-3-31(10-20(22,23)24)19(32)28-11-7-13-12-5-4-6-15-17(12)14(8-16(13)30(2)9-11)18(29-15)21(25,26)27;2*1-3-27(11-20(21,22)23)19(28)25-13-8-15-14-5-4-6-16-18(14)12(9-24-16)7-17(15)26(2)10-13;1-18-8-10(16)6-12-11-3-2-4-13-15(11)9(7-17-13)5-14(12)18;/h4-6,11,13,16,29H,3,7-10H2,1-2H3,(H,28,32);4-6,9,13,15,17,24H,3,7-8,10-11H2,1-2H3,(H,25,28);4-6,8-9,13,17,24H,3,7,10-11H2,1-2H3,(H,25,28);2-4,6-7,10,14,17H,5,8,16H2,1H3;1H4/t11-,13+,16+;13-,15+,17+;13-,17+;10-,14+;/m0000./s1. The van der Waals surface area contributed by atoms with E-state index in [1.54, 1.807) is 39.1 Å². The van der Waals surface area contributed by atoms with Crippen LogP contribution in [-0.2, 0) is 31.9 Å². The van der Waals surface area contributed by atoms with Crippen LogP contribution in [0.15, 0.2) is 104 Å². The number of nitrogens with two attached hydrogens (primary N) is 1. The number of piperidine rings is 2. The van der Waals surface area contributed by atoms with Gasteiger partial charge in [-0.05, 0) is 167 Å². The summed E-state index contributed by atoms with van der Waals surface area (Å²) in [5, 5.41) is 12.7. The van der Waals surface area contributed by atoms with Crippen LogP contribution in [-0.4, -0.2) is 233 Å². The first kappa shape index (κ1) is 77.9. The molecule has 16 rings (SSSR count). The second kappa shape index (κ2) is 30.4. The minimum Gasteiger partial charge on any atom is -0.361 e. The number of H-pyrrole nitrogens is 4. The monoisotopic (exact) mass is 1500 g/mol. The number of urea groups is 3. The van der Waals surface area contributed by atoms with Gasteiger partial charge >= 0.3 is 42.8 Å². The van der Waals surface area contributed by atoms with E-state index in [1.807, 2.05) is 49.5 Å². The van der Waals surface area contributed by atoms with Crippen molar-refractivity contribution in [2.24, 2.45) is 5.73 Å². The smallest absolute Gasteiger partial charge is 0.361 e. The number of fused-ring (bicyclic) bond motifs is 8. The summed E-state index contributed by atoms with van der Waals surface area (Å²) in [6.07, 6.45) is -2.98. The van der Waals surface area contributed by atoms with Crippen LogP contribution in [0, 0.1) is 0 Å². The van der Waals surface area contributed by atoms with Crippen LogP contribution in [0.5, 0.6) is 0 Å². The summed E-state index contributed by atoms with van der Waals surface area (Å²) in [7, 11) is 7.96. The van der Waals surface area contributed by atoms with E-state index in [-0.39, 0.29) is 81.1 Å². The summed E-state index contributed by atoms with van der Waals surface area (Å²) in [6, 6.07) is 21.8. The number of aromatic nitrogens is 4. The van der Waals surface area contributed by atoms with Gasteiger partial charge in [0.15, 0.2) is 0 Å². The third-order valence-corrected chi connectivity index (χ3v) is 22.5. The van der Waals surface area contributed by atoms with E-state index in [9.17, 15) is 67.1 Å². The summed E-state index contributed by atoms with van der Waals surface area (Å²) < 4.78 is 155. The lowest BCUT2D eigenvalue weighted by Gasteiger charge is -2.46. The molecule has 9 N–H and O–H groups in total. The zero-order valence-corrected chi connectivity index (χ0v) is 59.9. The first-order valence-corrected chi connectivity index (χ1v) is 36.0. The van der Waals surface area contributed by atoms with Gasteiger partial charge in [-0.15, -0.1) is 0 Å². The minimum atomic E-state index is -4.50. The third-order valence-electron chi connectivity index (χ3n) is 22.5. The number of likely N-dealkylation sites (N-methyl/N-ethyl adjacent to an activating group) is 4. The van der Waals surface area contributed by atoms with E-state index >= 15 is 0 Å². The maximum Gasteiger partial charge on any atom is 0.431 e. The van der Waals surface area contributed by atoms with Crippen molar-refractivity contribution in [3.63, 3.8) is 0 Å². The normalized spacial score (nSPS) is 23.9. The zero-order chi connectivity index (χ0) is 75.8. The molecule has 0 unspecified atom stereocenters. The number of carbonyl (C=O) groups excluding carboxylic acids is 3. The van der Waals surface area contributed by atoms with E-state index in [4.69, 9.17) is 5.73 Å². The van der Waals surface area contributed by atoms with Crippen molar-refractivity contribution in [1.82, 2.24) is 70.2 Å². The summed E-state index contributed by atoms with van der Waals surface area (Å²) in [5.41, 5.74) is 20.6. The van der Waals surface area contributed by atoms with Crippen molar-refractivity contribution in [2.75, 3.05) is 93.6 Å². The molecule has 4 aliphatic heterocycles. The molecule has 10 atom stereocenters. The predicted molar refractivity (Wildman–Crippen MR) is 391 cm³/mol. The number of rotatable bonds is 9. The van der Waals surface area contributed by atoms with Crippen molar-refractivity contribution in [3.8, 4) is 0 Å². The molecule has 0 saturated carbocycles. The first-order chi connectivity index (χ1) is 50.2. The van der Waals surface area contributed by atoms with Crippen LogP contribution in [0.4, 0.5) is 67.1 Å². The first-order valence-electron chi connectivity index (χ1n) is 36.0. The highest BCUT2D eigenvalue weighted by atomic mass is 19.4. The van der Waals surface area contributed by atoms with E-state index in [1.165, 1.54) is 62.0 Å². The Kier molecular flexibility index (Phi) is 22.1. The summed E-state index contributed by atoms with van der Waals surface area (Å²) >= 11 is 0. The number of nitrogens with zero attached hydrogens (tertiary/aromatic N) is 7. The Morgan fingerprint density at radius 1 is 0.486 bits per heavy atom. The molecule has 107 heavy (non-hydrogen) atoms. The fourth-order valence-electron chi connectivity index (χ4n) is 17.9. The lowest BCUT2D eigenvalue weighted by Crippen LogP contribution is -2.57. The second-order valence-corrected chi connectivity index (χ2v) is 29.5. The molecular formula is C77H93F12N15O3. The SMILES string of the molecule is C.CCN(CC(F)(F)F)C(=O)N[C@H]1C=C2c3cccc4[nH]cc(c34)C[C@H]2N(C)C1.CCN(CC(F)(F)F)C(=O)N[C@H]1C[C@@H]2c3cccc4[nH]c(C(F)(F)F)c(c34)C[C@H]2N(C)C1.CCN(CC(F)(F)F)C(=O)N[C@H]1C[C@@H]2c3cccc4[nH]cc(c34)C[C@H]2N(C)C1.CN1C[C@@H](N)C=C2c3cccc4[nH]cc(c34)C[C@H]21. The number of benzene rings is 4. The van der Waals surface area contributed by atoms with Gasteiger partial charge in [0, 0.05) is 162 Å². The summed E-state index contributed by atoms with van der Waals surface area (Å²) in [6.45, 7) is 3.17. The lowest BCUT2D eigenvalue weighted by atomic mass is 9.73. The lowest BCUT2D eigenvalue weighted by molar-refractivity contribution is -0.141. The molecule has 8 aromatic rings. The fraction of sp³-hybridized carbons (Fsp3) is 0.494. The van der Waals surface area contributed by atoms with Crippen LogP contribution in [0.3, 0.4) is 0 Å². The number of hydrogen-bond acceptors (Lipinski definition) is 8. The molecule has 0 bridgehead atoms. The number of likely N-dealkylation sites (tertiary alicyclic amines) is 2. The average Bonchev–Trinajstić information content (AvgIpc) is 1.95. The summed E-state index contributed by atoms with van der Waals surface area (Å²) in [4.78, 5) is 60.8. The van der Waals surface area contributed by atoms with Gasteiger partial charge in [-0.2, -0.15) is 52.7 Å². The Morgan fingerprint density at radius 3 is 1.35 bits per heavy atom. The number of halogens is 12. The molecule has 4 aromatic carbocycles. The van der Waals surface area contributed by atoms with Gasteiger partial charge in [0.05, 0.1) is 6.04 Å². The Hall–Kier alpha value is -8.71. The van der Waals surface area contributed by atoms with Gasteiger partial charge in [-0.1, -0.05) is 68.1 Å². The molecule has 18 nitrogen and oxygen atoms in total. The van der Waals surface area contributed by atoms with Crippen LogP contribution >= 0.6 is 0 Å². The van der Waals surface area contributed by atoms with Gasteiger partial charge in [0.2, 0.25) is 0 Å². The van der Waals surface area contributed by atoms with Crippen LogP contribution in [0.2, 0.25) is 0 Å². The maximum atomic E-state index is 13.6. The third kappa shape index (κ3) is 16.2. The number of alkyl halides is 12. The molecule has 2 fully saturated rings. The Labute approximate surface area is 612 Å². The van der Waals surface area contributed by atoms with Crippen LogP contribution in [0.25, 0.3) is 54.8 Å². The van der Waals surface area contributed by atoms with E-state index in [0.29, 0.717) is 53.9 Å². The Morgan fingerprint density at radius 2 is 0.888 bits per heavy atom. The molecule has 2 saturated heterocycles.